The first-order chi connectivity index (χ1) is 14.3. The standard InChI is InChI=1S/C21H16ClFN2O3S2/c22-15-4-10-19(11-5-15)30(27,28)24-17-3-1-2-14(12-17)21-25(20(26)13-29-21)18-8-6-16(23)7-9-18/h1-12,21,24H,13H2/t21-/m1/s1. The van der Waals surface area contributed by atoms with Crippen molar-refractivity contribution >= 4 is 50.7 Å². The Balaban J connectivity index is 1.62. The van der Waals surface area contributed by atoms with Crippen LogP contribution in [0.5, 0.6) is 0 Å². The van der Waals surface area contributed by atoms with Crippen molar-refractivity contribution in [3.63, 3.8) is 0 Å². The van der Waals surface area contributed by atoms with Crippen LogP contribution in [0, 0.1) is 5.82 Å². The van der Waals surface area contributed by atoms with E-state index in [9.17, 15) is 17.6 Å². The van der Waals surface area contributed by atoms with Gasteiger partial charge in [0.1, 0.15) is 11.2 Å². The van der Waals surface area contributed by atoms with Crippen molar-refractivity contribution < 1.29 is 17.6 Å². The third-order valence-electron chi connectivity index (χ3n) is 4.52. The normalized spacial score (nSPS) is 16.7. The van der Waals surface area contributed by atoms with E-state index in [2.05, 4.69) is 4.72 Å². The molecule has 1 N–H and O–H groups in total. The highest BCUT2D eigenvalue weighted by molar-refractivity contribution is 8.00. The van der Waals surface area contributed by atoms with Crippen molar-refractivity contribution in [3.05, 3.63) is 89.2 Å². The van der Waals surface area contributed by atoms with Crippen molar-refractivity contribution in [3.8, 4) is 0 Å². The topological polar surface area (TPSA) is 66.5 Å². The number of rotatable bonds is 5. The molecule has 9 heteroatoms. The molecule has 1 amide bonds. The number of amides is 1. The van der Waals surface area contributed by atoms with Gasteiger partial charge in [0.15, 0.2) is 0 Å². The zero-order valence-electron chi connectivity index (χ0n) is 15.5. The van der Waals surface area contributed by atoms with E-state index in [-0.39, 0.29) is 27.7 Å². The smallest absolute Gasteiger partial charge is 0.261 e. The molecule has 5 nitrogen and oxygen atoms in total. The summed E-state index contributed by atoms with van der Waals surface area (Å²) >= 11 is 7.26. The number of carbonyl (C=O) groups is 1. The number of thioether (sulfide) groups is 1. The lowest BCUT2D eigenvalue weighted by Crippen LogP contribution is -2.27. The minimum Gasteiger partial charge on any atom is -0.295 e. The Morgan fingerprint density at radius 3 is 2.43 bits per heavy atom. The molecule has 3 aromatic carbocycles. The van der Waals surface area contributed by atoms with Gasteiger partial charge < -0.3 is 0 Å². The molecule has 4 rings (SSSR count). The Morgan fingerprint density at radius 1 is 1.03 bits per heavy atom. The first-order valence-corrected chi connectivity index (χ1v) is 11.8. The van der Waals surface area contributed by atoms with E-state index in [1.165, 1.54) is 48.2 Å². The van der Waals surface area contributed by atoms with E-state index < -0.39 is 10.0 Å². The van der Waals surface area contributed by atoms with E-state index in [4.69, 9.17) is 11.6 Å². The fourth-order valence-electron chi connectivity index (χ4n) is 3.14. The average Bonchev–Trinajstić information content (AvgIpc) is 3.10. The van der Waals surface area contributed by atoms with Crippen LogP contribution in [0.1, 0.15) is 10.9 Å². The van der Waals surface area contributed by atoms with E-state index in [1.807, 2.05) is 6.07 Å². The highest BCUT2D eigenvalue weighted by atomic mass is 35.5. The Kier molecular flexibility index (Phi) is 5.73. The van der Waals surface area contributed by atoms with Crippen molar-refractivity contribution in [2.24, 2.45) is 0 Å². The highest BCUT2D eigenvalue weighted by Gasteiger charge is 2.34. The molecule has 30 heavy (non-hydrogen) atoms. The summed E-state index contributed by atoms with van der Waals surface area (Å²) < 4.78 is 41.2. The molecule has 3 aromatic rings. The monoisotopic (exact) mass is 462 g/mol. The molecule has 0 unspecified atom stereocenters. The Morgan fingerprint density at radius 2 is 1.73 bits per heavy atom. The lowest BCUT2D eigenvalue weighted by molar-refractivity contribution is -0.115. The molecule has 1 saturated heterocycles. The SMILES string of the molecule is O=C1CS[C@H](c2cccc(NS(=O)(=O)c3ccc(Cl)cc3)c2)N1c1ccc(F)cc1. The minimum absolute atomic E-state index is 0.0932. The maximum absolute atomic E-state index is 13.3. The molecule has 1 aliphatic rings. The number of sulfonamides is 1. The molecule has 0 spiro atoms. The lowest BCUT2D eigenvalue weighted by atomic mass is 10.1. The Bertz CT molecular complexity index is 1190. The summed E-state index contributed by atoms with van der Waals surface area (Å²) in [6, 6.07) is 18.5. The van der Waals surface area contributed by atoms with Crippen LogP contribution in [-0.2, 0) is 14.8 Å². The van der Waals surface area contributed by atoms with Crippen LogP contribution in [0.15, 0.2) is 77.7 Å². The first kappa shape index (κ1) is 20.7. The molecule has 0 aliphatic carbocycles. The predicted molar refractivity (Wildman–Crippen MR) is 118 cm³/mol. The fourth-order valence-corrected chi connectivity index (χ4v) is 5.48. The number of carbonyl (C=O) groups excluding carboxylic acids is 1. The zero-order chi connectivity index (χ0) is 21.3. The Hall–Kier alpha value is -2.55. The van der Waals surface area contributed by atoms with Gasteiger partial charge in [-0.2, -0.15) is 0 Å². The molecule has 1 atom stereocenters. The van der Waals surface area contributed by atoms with Crippen molar-refractivity contribution in [2.45, 2.75) is 10.3 Å². The Labute approximate surface area is 182 Å². The molecular formula is C21H16ClFN2O3S2. The molecule has 0 bridgehead atoms. The van der Waals surface area contributed by atoms with Crippen molar-refractivity contribution in [1.82, 2.24) is 0 Å². The molecule has 1 fully saturated rings. The second kappa shape index (κ2) is 8.29. The largest absolute Gasteiger partial charge is 0.295 e. The van der Waals surface area contributed by atoms with Crippen LogP contribution in [0.25, 0.3) is 0 Å². The summed E-state index contributed by atoms with van der Waals surface area (Å²) in [5.41, 5.74) is 1.72. The number of nitrogens with zero attached hydrogens (tertiary/aromatic N) is 1. The summed E-state index contributed by atoms with van der Waals surface area (Å²) in [5, 5.41) is 0.0997. The number of anilines is 2. The third-order valence-corrected chi connectivity index (χ3v) is 7.38. The molecule has 1 heterocycles. The molecule has 0 radical (unpaired) electrons. The van der Waals surface area contributed by atoms with Crippen LogP contribution >= 0.6 is 23.4 Å². The molecule has 154 valence electrons. The van der Waals surface area contributed by atoms with Gasteiger partial charge in [0.05, 0.1) is 10.6 Å². The lowest BCUT2D eigenvalue weighted by Gasteiger charge is -2.24. The van der Waals surface area contributed by atoms with Crippen molar-refractivity contribution in [1.29, 1.82) is 0 Å². The van der Waals surface area contributed by atoms with Gasteiger partial charge in [0.25, 0.3) is 10.0 Å². The maximum Gasteiger partial charge on any atom is 0.261 e. The quantitative estimate of drug-likeness (QED) is 0.575. The van der Waals surface area contributed by atoms with Gasteiger partial charge in [-0.25, -0.2) is 12.8 Å². The summed E-state index contributed by atoms with van der Waals surface area (Å²) in [6.07, 6.45) is 0. The van der Waals surface area contributed by atoms with Gasteiger partial charge >= 0.3 is 0 Å². The summed E-state index contributed by atoms with van der Waals surface area (Å²) in [4.78, 5) is 14.1. The van der Waals surface area contributed by atoms with E-state index >= 15 is 0 Å². The molecular weight excluding hydrogens is 447 g/mol. The van der Waals surface area contributed by atoms with Gasteiger partial charge in [-0.3, -0.25) is 14.4 Å². The number of hydrogen-bond donors (Lipinski definition) is 1. The van der Waals surface area contributed by atoms with E-state index in [1.54, 1.807) is 35.2 Å². The van der Waals surface area contributed by atoms with E-state index in [0.29, 0.717) is 16.4 Å². The number of nitrogens with one attached hydrogen (secondary N) is 1. The van der Waals surface area contributed by atoms with Gasteiger partial charge in [-0.05, 0) is 66.2 Å². The van der Waals surface area contributed by atoms with Crippen molar-refractivity contribution in [2.75, 3.05) is 15.4 Å². The molecule has 0 aromatic heterocycles. The second-order valence-electron chi connectivity index (χ2n) is 6.59. The van der Waals surface area contributed by atoms with Crippen LogP contribution in [0.4, 0.5) is 15.8 Å². The third kappa shape index (κ3) is 4.30. The first-order valence-electron chi connectivity index (χ1n) is 8.91. The molecule has 0 saturated carbocycles. The van der Waals surface area contributed by atoms with Gasteiger partial charge in [0.2, 0.25) is 5.91 Å². The summed E-state index contributed by atoms with van der Waals surface area (Å²) in [6.45, 7) is 0. The van der Waals surface area contributed by atoms with Crippen LogP contribution < -0.4 is 9.62 Å². The fraction of sp³-hybridized carbons (Fsp3) is 0.0952. The van der Waals surface area contributed by atoms with E-state index in [0.717, 1.165) is 5.56 Å². The predicted octanol–water partition coefficient (Wildman–Crippen LogP) is 5.06. The van der Waals surface area contributed by atoms with Crippen LogP contribution in [0.2, 0.25) is 5.02 Å². The zero-order valence-corrected chi connectivity index (χ0v) is 17.8. The number of halogens is 2. The van der Waals surface area contributed by atoms with Crippen LogP contribution in [-0.4, -0.2) is 20.1 Å². The minimum atomic E-state index is -3.79. The van der Waals surface area contributed by atoms with Gasteiger partial charge in [-0.1, -0.05) is 23.7 Å². The maximum atomic E-state index is 13.3. The van der Waals surface area contributed by atoms with Gasteiger partial charge in [0, 0.05) is 16.4 Å². The van der Waals surface area contributed by atoms with Crippen LogP contribution in [0.3, 0.4) is 0 Å². The number of hydrogen-bond acceptors (Lipinski definition) is 4. The average molecular weight is 463 g/mol. The number of benzene rings is 3. The molecule has 1 aliphatic heterocycles. The highest BCUT2D eigenvalue weighted by Crippen LogP contribution is 2.42. The second-order valence-corrected chi connectivity index (χ2v) is 9.78. The van der Waals surface area contributed by atoms with Gasteiger partial charge in [-0.15, -0.1) is 11.8 Å². The summed E-state index contributed by atoms with van der Waals surface area (Å²) in [5.74, 6) is -0.195. The summed E-state index contributed by atoms with van der Waals surface area (Å²) in [7, 11) is -3.79.